The summed E-state index contributed by atoms with van der Waals surface area (Å²) in [5, 5.41) is 0. The SMILES string of the molecule is Cc1ccc(CN2CCc3nc(C4=NCCCC4)ncc3C2)o1. The van der Waals surface area contributed by atoms with E-state index in [2.05, 4.69) is 20.9 Å². The van der Waals surface area contributed by atoms with Crippen molar-refractivity contribution in [2.45, 2.75) is 45.7 Å². The number of rotatable bonds is 3. The van der Waals surface area contributed by atoms with Crippen molar-refractivity contribution in [1.29, 1.82) is 0 Å². The van der Waals surface area contributed by atoms with E-state index in [9.17, 15) is 0 Å². The van der Waals surface area contributed by atoms with Crippen molar-refractivity contribution in [3.8, 4) is 0 Å². The molecule has 5 heteroatoms. The van der Waals surface area contributed by atoms with Gasteiger partial charge < -0.3 is 4.42 Å². The van der Waals surface area contributed by atoms with Crippen molar-refractivity contribution in [2.24, 2.45) is 4.99 Å². The number of fused-ring (bicyclic) bond motifs is 1. The maximum Gasteiger partial charge on any atom is 0.173 e. The highest BCUT2D eigenvalue weighted by atomic mass is 16.3. The van der Waals surface area contributed by atoms with Crippen LogP contribution in [0.2, 0.25) is 0 Å². The molecule has 0 saturated heterocycles. The Morgan fingerprint density at radius 1 is 1.22 bits per heavy atom. The zero-order valence-corrected chi connectivity index (χ0v) is 13.6. The summed E-state index contributed by atoms with van der Waals surface area (Å²) >= 11 is 0. The standard InChI is InChI=1S/C18H22N4O/c1-13-5-6-15(23-13)12-22-9-7-16-14(11-22)10-20-18(21-16)17-4-2-3-8-19-17/h5-6,10H,2-4,7-9,11-12H2,1H3. The van der Waals surface area contributed by atoms with Crippen LogP contribution in [0, 0.1) is 6.92 Å². The summed E-state index contributed by atoms with van der Waals surface area (Å²) in [5.41, 5.74) is 3.52. The molecular weight excluding hydrogens is 288 g/mol. The predicted molar refractivity (Wildman–Crippen MR) is 88.6 cm³/mol. The number of aryl methyl sites for hydroxylation is 1. The third kappa shape index (κ3) is 3.20. The lowest BCUT2D eigenvalue weighted by Gasteiger charge is -2.27. The Kier molecular flexibility index (Phi) is 3.95. The molecular formula is C18H22N4O. The van der Waals surface area contributed by atoms with Gasteiger partial charge in [0.15, 0.2) is 5.82 Å². The van der Waals surface area contributed by atoms with Crippen LogP contribution in [0.15, 0.2) is 27.7 Å². The highest BCUT2D eigenvalue weighted by Crippen LogP contribution is 2.20. The lowest BCUT2D eigenvalue weighted by Crippen LogP contribution is -2.31. The summed E-state index contributed by atoms with van der Waals surface area (Å²) in [6.07, 6.45) is 6.38. The van der Waals surface area contributed by atoms with E-state index in [0.29, 0.717) is 0 Å². The number of hydrogen-bond acceptors (Lipinski definition) is 5. The lowest BCUT2D eigenvalue weighted by atomic mass is 10.1. The molecule has 0 saturated carbocycles. The second kappa shape index (κ2) is 6.24. The minimum Gasteiger partial charge on any atom is -0.465 e. The number of aliphatic imine (C=N–C) groups is 1. The van der Waals surface area contributed by atoms with Gasteiger partial charge in [0, 0.05) is 37.8 Å². The zero-order chi connectivity index (χ0) is 15.6. The van der Waals surface area contributed by atoms with Gasteiger partial charge in [0.05, 0.1) is 18.0 Å². The fourth-order valence-electron chi connectivity index (χ4n) is 3.32. The highest BCUT2D eigenvalue weighted by Gasteiger charge is 2.21. The summed E-state index contributed by atoms with van der Waals surface area (Å²) in [5.74, 6) is 2.84. The number of hydrogen-bond donors (Lipinski definition) is 0. The van der Waals surface area contributed by atoms with Gasteiger partial charge in [-0.05, 0) is 38.3 Å². The highest BCUT2D eigenvalue weighted by molar-refractivity contribution is 5.97. The van der Waals surface area contributed by atoms with E-state index in [1.54, 1.807) is 0 Å². The first-order chi connectivity index (χ1) is 11.3. The molecule has 5 nitrogen and oxygen atoms in total. The number of aromatic nitrogens is 2. The van der Waals surface area contributed by atoms with Gasteiger partial charge in [0.1, 0.15) is 11.5 Å². The molecule has 0 amide bonds. The first-order valence-electron chi connectivity index (χ1n) is 8.44. The molecule has 0 N–H and O–H groups in total. The molecule has 4 rings (SSSR count). The van der Waals surface area contributed by atoms with Gasteiger partial charge in [-0.25, -0.2) is 9.97 Å². The van der Waals surface area contributed by atoms with Crippen molar-refractivity contribution in [1.82, 2.24) is 14.9 Å². The summed E-state index contributed by atoms with van der Waals surface area (Å²) in [6.45, 7) is 5.66. The van der Waals surface area contributed by atoms with Crippen LogP contribution in [0.25, 0.3) is 0 Å². The Balaban J connectivity index is 1.48. The molecule has 0 aromatic carbocycles. The molecule has 0 fully saturated rings. The second-order valence-electron chi connectivity index (χ2n) is 6.42. The molecule has 0 unspecified atom stereocenters. The zero-order valence-electron chi connectivity index (χ0n) is 13.6. The van der Waals surface area contributed by atoms with Crippen LogP contribution in [-0.2, 0) is 19.5 Å². The van der Waals surface area contributed by atoms with Gasteiger partial charge in [-0.15, -0.1) is 0 Å². The maximum absolute atomic E-state index is 5.68. The topological polar surface area (TPSA) is 54.5 Å². The van der Waals surface area contributed by atoms with E-state index in [4.69, 9.17) is 9.40 Å². The van der Waals surface area contributed by atoms with Crippen LogP contribution >= 0.6 is 0 Å². The van der Waals surface area contributed by atoms with Crippen LogP contribution in [0.1, 0.15) is 47.9 Å². The lowest BCUT2D eigenvalue weighted by molar-refractivity contribution is 0.222. The Morgan fingerprint density at radius 3 is 2.96 bits per heavy atom. The van der Waals surface area contributed by atoms with Crippen molar-refractivity contribution >= 4 is 5.71 Å². The predicted octanol–water partition coefficient (Wildman–Crippen LogP) is 2.91. The van der Waals surface area contributed by atoms with Crippen molar-refractivity contribution in [3.05, 3.63) is 46.9 Å². The average Bonchev–Trinajstić information content (AvgIpc) is 3.00. The Morgan fingerprint density at radius 2 is 2.17 bits per heavy atom. The molecule has 2 aromatic rings. The Bertz CT molecular complexity index is 734. The number of furan rings is 1. The van der Waals surface area contributed by atoms with Crippen molar-refractivity contribution in [2.75, 3.05) is 13.1 Å². The molecule has 0 bridgehead atoms. The second-order valence-corrected chi connectivity index (χ2v) is 6.42. The van der Waals surface area contributed by atoms with Gasteiger partial charge in [0.25, 0.3) is 0 Å². The van der Waals surface area contributed by atoms with E-state index in [1.165, 1.54) is 24.1 Å². The van der Waals surface area contributed by atoms with Crippen LogP contribution in [0.5, 0.6) is 0 Å². The molecule has 0 atom stereocenters. The first kappa shape index (κ1) is 14.6. The maximum atomic E-state index is 5.68. The van der Waals surface area contributed by atoms with E-state index in [0.717, 1.165) is 62.1 Å². The smallest absolute Gasteiger partial charge is 0.173 e. The molecule has 4 heterocycles. The fourth-order valence-corrected chi connectivity index (χ4v) is 3.32. The molecule has 0 spiro atoms. The van der Waals surface area contributed by atoms with Crippen molar-refractivity contribution in [3.63, 3.8) is 0 Å². The minimum atomic E-state index is 0.846. The quantitative estimate of drug-likeness (QED) is 0.874. The molecule has 120 valence electrons. The number of nitrogens with zero attached hydrogens (tertiary/aromatic N) is 4. The van der Waals surface area contributed by atoms with Crippen LogP contribution < -0.4 is 0 Å². The third-order valence-corrected chi connectivity index (χ3v) is 4.57. The van der Waals surface area contributed by atoms with E-state index in [-0.39, 0.29) is 0 Å². The third-order valence-electron chi connectivity index (χ3n) is 4.57. The van der Waals surface area contributed by atoms with Gasteiger partial charge in [-0.2, -0.15) is 0 Å². The summed E-state index contributed by atoms with van der Waals surface area (Å²) in [7, 11) is 0. The van der Waals surface area contributed by atoms with Crippen LogP contribution in [0.4, 0.5) is 0 Å². The molecule has 23 heavy (non-hydrogen) atoms. The fraction of sp³-hybridized carbons (Fsp3) is 0.500. The summed E-state index contributed by atoms with van der Waals surface area (Å²) < 4.78 is 5.68. The van der Waals surface area contributed by atoms with Gasteiger partial charge in [-0.3, -0.25) is 9.89 Å². The van der Waals surface area contributed by atoms with Crippen molar-refractivity contribution < 1.29 is 4.42 Å². The summed E-state index contributed by atoms with van der Waals surface area (Å²) in [4.78, 5) is 16.3. The van der Waals surface area contributed by atoms with E-state index >= 15 is 0 Å². The van der Waals surface area contributed by atoms with Gasteiger partial charge >= 0.3 is 0 Å². The average molecular weight is 310 g/mol. The van der Waals surface area contributed by atoms with E-state index < -0.39 is 0 Å². The molecule has 2 aliphatic heterocycles. The largest absolute Gasteiger partial charge is 0.465 e. The molecule has 2 aliphatic rings. The van der Waals surface area contributed by atoms with Gasteiger partial charge in [0.2, 0.25) is 0 Å². The Labute approximate surface area is 136 Å². The minimum absolute atomic E-state index is 0.846. The van der Waals surface area contributed by atoms with Crippen LogP contribution in [0.3, 0.4) is 0 Å². The van der Waals surface area contributed by atoms with Gasteiger partial charge in [-0.1, -0.05) is 0 Å². The first-order valence-corrected chi connectivity index (χ1v) is 8.44. The Hall–Kier alpha value is -2.01. The molecule has 0 radical (unpaired) electrons. The normalized spacial score (nSPS) is 18.6. The molecule has 2 aromatic heterocycles. The molecule has 0 aliphatic carbocycles. The van der Waals surface area contributed by atoms with E-state index in [1.807, 2.05) is 19.2 Å². The van der Waals surface area contributed by atoms with Crippen LogP contribution in [-0.4, -0.2) is 33.7 Å². The monoisotopic (exact) mass is 310 g/mol. The summed E-state index contributed by atoms with van der Waals surface area (Å²) in [6, 6.07) is 4.08.